The van der Waals surface area contributed by atoms with Gasteiger partial charge in [-0.15, -0.1) is 0 Å². The van der Waals surface area contributed by atoms with Crippen LogP contribution in [0.1, 0.15) is 13.8 Å². The first-order valence-corrected chi connectivity index (χ1v) is 10.7. The molecule has 4 heterocycles. The summed E-state index contributed by atoms with van der Waals surface area (Å²) >= 11 is 0. The molecule has 14 heteroatoms. The summed E-state index contributed by atoms with van der Waals surface area (Å²) in [5, 5.41) is 20.6. The SMILES string of the molecule is CCOC(=O)C1(F)CNCC12COC2.CCOC(=O)C1(F)CNCC12COC2.O=C(O)C(=O)O. The summed E-state index contributed by atoms with van der Waals surface area (Å²) in [5.74, 6) is -5.16. The predicted octanol–water partition coefficient (Wildman–Crippen LogP) is -1.09. The molecule has 0 saturated carbocycles. The Hall–Kier alpha value is -2.42. The normalized spacial score (nSPS) is 29.4. The van der Waals surface area contributed by atoms with Gasteiger partial charge in [0, 0.05) is 26.2 Å². The van der Waals surface area contributed by atoms with Gasteiger partial charge in [-0.2, -0.15) is 0 Å². The Morgan fingerprint density at radius 2 is 1.06 bits per heavy atom. The fourth-order valence-electron chi connectivity index (χ4n) is 4.03. The van der Waals surface area contributed by atoms with Crippen LogP contribution in [-0.2, 0) is 38.1 Å². The monoisotopic (exact) mass is 496 g/mol. The van der Waals surface area contributed by atoms with Gasteiger partial charge in [0.25, 0.3) is 0 Å². The van der Waals surface area contributed by atoms with E-state index in [-0.39, 0.29) is 26.3 Å². The summed E-state index contributed by atoms with van der Waals surface area (Å²) in [7, 11) is 0. The number of alkyl halides is 2. The maximum absolute atomic E-state index is 14.4. The molecule has 2 unspecified atom stereocenters. The molecule has 0 amide bonds. The van der Waals surface area contributed by atoms with E-state index in [1.807, 2.05) is 0 Å². The highest BCUT2D eigenvalue weighted by molar-refractivity contribution is 6.27. The topological polar surface area (TPSA) is 170 Å². The van der Waals surface area contributed by atoms with E-state index in [0.29, 0.717) is 39.5 Å². The third-order valence-corrected chi connectivity index (χ3v) is 6.24. The van der Waals surface area contributed by atoms with E-state index in [9.17, 15) is 18.4 Å². The number of hydrogen-bond acceptors (Lipinski definition) is 10. The summed E-state index contributed by atoms with van der Waals surface area (Å²) < 4.78 is 48.2. The van der Waals surface area contributed by atoms with Crippen LogP contribution in [0, 0.1) is 10.8 Å². The fourth-order valence-corrected chi connectivity index (χ4v) is 4.03. The minimum Gasteiger partial charge on any atom is -0.473 e. The summed E-state index contributed by atoms with van der Waals surface area (Å²) in [6.07, 6.45) is 0. The van der Waals surface area contributed by atoms with Crippen LogP contribution in [-0.4, -0.2) is 111 Å². The van der Waals surface area contributed by atoms with Crippen LogP contribution >= 0.6 is 0 Å². The van der Waals surface area contributed by atoms with E-state index in [1.165, 1.54) is 0 Å². The van der Waals surface area contributed by atoms with Crippen LogP contribution in [0.4, 0.5) is 8.78 Å². The van der Waals surface area contributed by atoms with Crippen molar-refractivity contribution in [3.05, 3.63) is 0 Å². The molecule has 2 spiro atoms. The van der Waals surface area contributed by atoms with Crippen LogP contribution in [0.3, 0.4) is 0 Å². The third kappa shape index (κ3) is 4.99. The Morgan fingerprint density at radius 3 is 1.26 bits per heavy atom. The van der Waals surface area contributed by atoms with Crippen molar-refractivity contribution < 1.29 is 57.1 Å². The maximum Gasteiger partial charge on any atom is 0.414 e. The summed E-state index contributed by atoms with van der Waals surface area (Å²) in [5.41, 5.74) is -5.17. The Bertz CT molecular complexity index is 725. The number of aliphatic carboxylic acids is 2. The molecule has 4 fully saturated rings. The van der Waals surface area contributed by atoms with Crippen LogP contribution in [0.2, 0.25) is 0 Å². The van der Waals surface area contributed by atoms with Gasteiger partial charge in [-0.25, -0.2) is 28.0 Å². The lowest BCUT2D eigenvalue weighted by Crippen LogP contribution is -2.61. The van der Waals surface area contributed by atoms with Gasteiger partial charge in [-0.05, 0) is 13.8 Å². The van der Waals surface area contributed by atoms with Crippen molar-refractivity contribution in [2.45, 2.75) is 25.2 Å². The van der Waals surface area contributed by atoms with Crippen LogP contribution < -0.4 is 10.6 Å². The smallest absolute Gasteiger partial charge is 0.414 e. The first-order valence-electron chi connectivity index (χ1n) is 10.7. The van der Waals surface area contributed by atoms with E-state index >= 15 is 0 Å². The Morgan fingerprint density at radius 1 is 0.735 bits per heavy atom. The highest BCUT2D eigenvalue weighted by Gasteiger charge is 2.66. The average Bonchev–Trinajstić information content (AvgIpc) is 3.28. The standard InChI is InChI=1S/2C9H14FNO3.C2H2O4/c2*1-2-14-7(12)9(10)4-11-3-8(9)5-13-6-8;3-1(4)2(5)6/h2*11H,2-6H2,1H3;(H,3,4)(H,5,6). The van der Waals surface area contributed by atoms with Crippen molar-refractivity contribution in [1.82, 2.24) is 10.6 Å². The minimum atomic E-state index is -1.90. The molecule has 0 aromatic heterocycles. The molecule has 0 bridgehead atoms. The molecule has 0 aromatic carbocycles. The molecule has 4 rings (SSSR count). The predicted molar refractivity (Wildman–Crippen MR) is 108 cm³/mol. The van der Waals surface area contributed by atoms with Gasteiger partial charge in [0.2, 0.25) is 11.3 Å². The van der Waals surface area contributed by atoms with Crippen molar-refractivity contribution in [3.8, 4) is 0 Å². The van der Waals surface area contributed by atoms with Gasteiger partial charge in [0.1, 0.15) is 0 Å². The van der Waals surface area contributed by atoms with Gasteiger partial charge < -0.3 is 39.8 Å². The van der Waals surface area contributed by atoms with Crippen LogP contribution in [0.25, 0.3) is 0 Å². The molecule has 194 valence electrons. The Kier molecular flexibility index (Phi) is 8.91. The molecule has 12 nitrogen and oxygen atoms in total. The quantitative estimate of drug-likeness (QED) is 0.274. The fraction of sp³-hybridized carbons (Fsp3) is 0.800. The number of carboxylic acid groups (broad SMARTS) is 2. The lowest BCUT2D eigenvalue weighted by Gasteiger charge is -2.43. The third-order valence-electron chi connectivity index (χ3n) is 6.24. The van der Waals surface area contributed by atoms with Crippen molar-refractivity contribution in [3.63, 3.8) is 0 Å². The van der Waals surface area contributed by atoms with Crippen molar-refractivity contribution in [2.75, 3.05) is 65.8 Å². The van der Waals surface area contributed by atoms with Crippen LogP contribution in [0.15, 0.2) is 0 Å². The van der Waals surface area contributed by atoms with Crippen molar-refractivity contribution in [2.24, 2.45) is 10.8 Å². The number of esters is 2. The first-order chi connectivity index (χ1) is 15.9. The van der Waals surface area contributed by atoms with Crippen molar-refractivity contribution >= 4 is 23.9 Å². The second-order valence-electron chi connectivity index (χ2n) is 8.41. The second-order valence-corrected chi connectivity index (χ2v) is 8.41. The van der Waals surface area contributed by atoms with Gasteiger partial charge >= 0.3 is 23.9 Å². The molecule has 0 radical (unpaired) electrons. The van der Waals surface area contributed by atoms with E-state index in [2.05, 4.69) is 10.6 Å². The zero-order chi connectivity index (χ0) is 25.6. The number of carbonyl (C=O) groups is 4. The molecule has 4 N–H and O–H groups in total. The van der Waals surface area contributed by atoms with Gasteiger partial charge in [0.05, 0.1) is 50.5 Å². The summed E-state index contributed by atoms with van der Waals surface area (Å²) in [6.45, 7) is 6.02. The Balaban J connectivity index is 0.000000196. The first kappa shape index (κ1) is 27.8. The van der Waals surface area contributed by atoms with Gasteiger partial charge in [0.15, 0.2) is 0 Å². The van der Waals surface area contributed by atoms with Crippen molar-refractivity contribution in [1.29, 1.82) is 0 Å². The molecule has 4 aliphatic heterocycles. The molecular formula is C20H30F2N2O10. The highest BCUT2D eigenvalue weighted by atomic mass is 19.1. The lowest BCUT2D eigenvalue weighted by atomic mass is 9.74. The molecule has 4 aliphatic rings. The number of halogens is 2. The number of hydrogen-bond donors (Lipinski definition) is 4. The molecule has 2 atom stereocenters. The second kappa shape index (κ2) is 10.9. The van der Waals surface area contributed by atoms with E-state index in [4.69, 9.17) is 38.7 Å². The number of nitrogens with one attached hydrogen (secondary N) is 2. The molecule has 4 saturated heterocycles. The zero-order valence-corrected chi connectivity index (χ0v) is 19.0. The number of rotatable bonds is 4. The molecule has 0 aromatic rings. The Labute approximate surface area is 194 Å². The highest BCUT2D eigenvalue weighted by Crippen LogP contribution is 2.46. The average molecular weight is 496 g/mol. The largest absolute Gasteiger partial charge is 0.473 e. The van der Waals surface area contributed by atoms with E-state index in [1.54, 1.807) is 13.8 Å². The number of carbonyl (C=O) groups excluding carboxylic acids is 2. The molecule has 0 aliphatic carbocycles. The van der Waals surface area contributed by atoms with E-state index in [0.717, 1.165) is 0 Å². The molecule has 34 heavy (non-hydrogen) atoms. The van der Waals surface area contributed by atoms with Crippen LogP contribution in [0.5, 0.6) is 0 Å². The molecular weight excluding hydrogens is 466 g/mol. The summed E-state index contributed by atoms with van der Waals surface area (Å²) in [4.78, 5) is 41.2. The minimum absolute atomic E-state index is 0.0369. The van der Waals surface area contributed by atoms with Gasteiger partial charge in [-0.3, -0.25) is 0 Å². The summed E-state index contributed by atoms with van der Waals surface area (Å²) in [6, 6.07) is 0. The number of carboxylic acids is 2. The number of ether oxygens (including phenoxy) is 4. The zero-order valence-electron chi connectivity index (χ0n) is 19.0. The van der Waals surface area contributed by atoms with E-state index < -0.39 is 46.0 Å². The maximum atomic E-state index is 14.4. The lowest BCUT2D eigenvalue weighted by molar-refractivity contribution is -0.196. The van der Waals surface area contributed by atoms with Gasteiger partial charge in [-0.1, -0.05) is 0 Å².